The molecule has 0 atom stereocenters. The van der Waals surface area contributed by atoms with Crippen LogP contribution in [0.15, 0.2) is 35.3 Å². The quantitative estimate of drug-likeness (QED) is 0.573. The van der Waals surface area contributed by atoms with Crippen LogP contribution in [0.2, 0.25) is 0 Å². The molecule has 0 fully saturated rings. The predicted octanol–water partition coefficient (Wildman–Crippen LogP) is 3.07. The molecule has 2 aromatic rings. The zero-order valence-corrected chi connectivity index (χ0v) is 13.1. The van der Waals surface area contributed by atoms with E-state index in [4.69, 9.17) is 4.74 Å². The van der Waals surface area contributed by atoms with Crippen LogP contribution in [0, 0.1) is 6.92 Å². The monoisotopic (exact) mass is 343 g/mol. The SMILES string of the molecule is Cc1cc(OC(F)F)c(C(=O)OCCCn2ccccc2=O)s1. The van der Waals surface area contributed by atoms with Crippen molar-refractivity contribution in [1.82, 2.24) is 4.57 Å². The van der Waals surface area contributed by atoms with Crippen LogP contribution in [-0.4, -0.2) is 23.8 Å². The van der Waals surface area contributed by atoms with Crippen LogP contribution in [0.1, 0.15) is 21.0 Å². The van der Waals surface area contributed by atoms with Gasteiger partial charge in [0.25, 0.3) is 0 Å². The topological polar surface area (TPSA) is 57.5 Å². The second-order valence-corrected chi connectivity index (χ2v) is 5.91. The number of aromatic nitrogens is 1. The van der Waals surface area contributed by atoms with Crippen molar-refractivity contribution in [1.29, 1.82) is 0 Å². The second-order valence-electron chi connectivity index (χ2n) is 4.65. The highest BCUT2D eigenvalue weighted by molar-refractivity contribution is 7.14. The Bertz CT molecular complexity index is 726. The van der Waals surface area contributed by atoms with Crippen LogP contribution in [0.4, 0.5) is 8.78 Å². The van der Waals surface area contributed by atoms with Crippen LogP contribution < -0.4 is 10.3 Å². The Labute approximate surface area is 135 Å². The van der Waals surface area contributed by atoms with E-state index in [9.17, 15) is 18.4 Å². The molecule has 0 bridgehead atoms. The first kappa shape index (κ1) is 17.1. The zero-order chi connectivity index (χ0) is 16.8. The maximum Gasteiger partial charge on any atom is 0.387 e. The third-order valence-corrected chi connectivity index (χ3v) is 3.91. The third-order valence-electron chi connectivity index (χ3n) is 2.90. The first-order valence-electron chi connectivity index (χ1n) is 6.85. The van der Waals surface area contributed by atoms with Crippen LogP contribution in [-0.2, 0) is 11.3 Å². The smallest absolute Gasteiger partial charge is 0.387 e. The number of thiophene rings is 1. The summed E-state index contributed by atoms with van der Waals surface area (Å²) in [6.45, 7) is -0.843. The van der Waals surface area contributed by atoms with E-state index in [1.54, 1.807) is 25.3 Å². The van der Waals surface area contributed by atoms with Gasteiger partial charge < -0.3 is 14.0 Å². The lowest BCUT2D eigenvalue weighted by Crippen LogP contribution is -2.19. The highest BCUT2D eigenvalue weighted by Crippen LogP contribution is 2.30. The first-order valence-corrected chi connectivity index (χ1v) is 7.67. The van der Waals surface area contributed by atoms with Crippen molar-refractivity contribution in [2.24, 2.45) is 0 Å². The molecular formula is C15H15F2NO4S. The average Bonchev–Trinajstić information content (AvgIpc) is 2.85. The first-order chi connectivity index (χ1) is 11.0. The zero-order valence-electron chi connectivity index (χ0n) is 12.3. The van der Waals surface area contributed by atoms with Gasteiger partial charge in [0.05, 0.1) is 6.61 Å². The number of hydrogen-bond donors (Lipinski definition) is 0. The fraction of sp³-hybridized carbons (Fsp3) is 0.333. The molecule has 2 rings (SSSR count). The number of nitrogens with zero attached hydrogens (tertiary/aromatic N) is 1. The lowest BCUT2D eigenvalue weighted by Gasteiger charge is -2.07. The number of halogens is 2. The van der Waals surface area contributed by atoms with Crippen molar-refractivity contribution in [3.8, 4) is 5.75 Å². The average molecular weight is 343 g/mol. The van der Waals surface area contributed by atoms with Gasteiger partial charge in [0.2, 0.25) is 5.56 Å². The van der Waals surface area contributed by atoms with E-state index in [1.165, 1.54) is 16.7 Å². The number of alkyl halides is 2. The molecule has 8 heteroatoms. The predicted molar refractivity (Wildman–Crippen MR) is 81.3 cm³/mol. The summed E-state index contributed by atoms with van der Waals surface area (Å²) in [6, 6.07) is 6.18. The number of carbonyl (C=O) groups excluding carboxylic acids is 1. The Morgan fingerprint density at radius 1 is 1.39 bits per heavy atom. The molecule has 0 unspecified atom stereocenters. The molecule has 23 heavy (non-hydrogen) atoms. The molecule has 0 saturated heterocycles. The number of rotatable bonds is 7. The minimum atomic E-state index is -3.00. The Hall–Kier alpha value is -2.22. The minimum Gasteiger partial charge on any atom is -0.461 e. The van der Waals surface area contributed by atoms with Crippen LogP contribution >= 0.6 is 11.3 Å². The van der Waals surface area contributed by atoms with Crippen molar-refractivity contribution in [3.05, 3.63) is 50.6 Å². The van der Waals surface area contributed by atoms with Gasteiger partial charge in [-0.25, -0.2) is 4.79 Å². The summed E-state index contributed by atoms with van der Waals surface area (Å²) in [6.07, 6.45) is 2.08. The van der Waals surface area contributed by atoms with E-state index in [0.29, 0.717) is 17.8 Å². The molecule has 0 saturated carbocycles. The molecule has 0 aromatic carbocycles. The summed E-state index contributed by atoms with van der Waals surface area (Å²) >= 11 is 1.03. The summed E-state index contributed by atoms with van der Waals surface area (Å²) in [5.41, 5.74) is -0.139. The van der Waals surface area contributed by atoms with Gasteiger partial charge in [0.15, 0.2) is 10.6 Å². The summed E-state index contributed by atoms with van der Waals surface area (Å²) in [4.78, 5) is 24.1. The maximum atomic E-state index is 12.3. The second kappa shape index (κ2) is 7.87. The summed E-state index contributed by atoms with van der Waals surface area (Å²) in [5, 5.41) is 0. The Morgan fingerprint density at radius 2 is 2.17 bits per heavy atom. The van der Waals surface area contributed by atoms with Gasteiger partial charge in [-0.05, 0) is 25.5 Å². The summed E-state index contributed by atoms with van der Waals surface area (Å²) in [7, 11) is 0. The minimum absolute atomic E-state index is 0.0136. The van der Waals surface area contributed by atoms with Crippen molar-refractivity contribution < 1.29 is 23.0 Å². The normalized spacial score (nSPS) is 10.8. The highest BCUT2D eigenvalue weighted by Gasteiger charge is 2.20. The number of esters is 1. The lowest BCUT2D eigenvalue weighted by atomic mass is 10.4. The molecule has 0 radical (unpaired) electrons. The number of ether oxygens (including phenoxy) is 2. The van der Waals surface area contributed by atoms with E-state index in [-0.39, 0.29) is 22.8 Å². The number of carbonyl (C=O) groups is 1. The number of pyridine rings is 1. The number of hydrogen-bond acceptors (Lipinski definition) is 5. The van der Waals surface area contributed by atoms with Crippen molar-refractivity contribution in [2.75, 3.05) is 6.61 Å². The van der Waals surface area contributed by atoms with Crippen molar-refractivity contribution >= 4 is 17.3 Å². The van der Waals surface area contributed by atoms with E-state index in [2.05, 4.69) is 4.74 Å². The van der Waals surface area contributed by atoms with Crippen LogP contribution in [0.3, 0.4) is 0 Å². The molecule has 0 aliphatic rings. The molecule has 2 heterocycles. The van der Waals surface area contributed by atoms with Gasteiger partial charge in [-0.15, -0.1) is 11.3 Å². The molecule has 0 spiro atoms. The summed E-state index contributed by atoms with van der Waals surface area (Å²) in [5.74, 6) is -0.883. The van der Waals surface area contributed by atoms with Gasteiger partial charge in [-0.1, -0.05) is 6.07 Å². The Balaban J connectivity index is 1.88. The van der Waals surface area contributed by atoms with E-state index < -0.39 is 12.6 Å². The molecule has 0 N–H and O–H groups in total. The van der Waals surface area contributed by atoms with Gasteiger partial charge >= 0.3 is 12.6 Å². The van der Waals surface area contributed by atoms with Gasteiger partial charge in [0, 0.05) is 23.7 Å². The molecule has 0 aliphatic carbocycles. The van der Waals surface area contributed by atoms with E-state index >= 15 is 0 Å². The van der Waals surface area contributed by atoms with E-state index in [1.807, 2.05) is 0 Å². The van der Waals surface area contributed by atoms with Crippen LogP contribution in [0.5, 0.6) is 5.75 Å². The fourth-order valence-corrected chi connectivity index (χ4v) is 2.77. The molecule has 0 aliphatic heterocycles. The Morgan fingerprint density at radius 3 is 2.87 bits per heavy atom. The summed E-state index contributed by atoms with van der Waals surface area (Å²) < 4.78 is 35.5. The Kier molecular flexibility index (Phi) is 5.86. The fourth-order valence-electron chi connectivity index (χ4n) is 1.93. The standard InChI is InChI=1S/C15H15F2NO4S/c1-10-9-11(22-15(16)17)13(23-10)14(20)21-8-4-7-18-6-3-2-5-12(18)19/h2-3,5-6,9,15H,4,7-8H2,1H3. The largest absolute Gasteiger partial charge is 0.461 e. The molecule has 0 amide bonds. The third kappa shape index (κ3) is 4.88. The highest BCUT2D eigenvalue weighted by atomic mass is 32.1. The maximum absolute atomic E-state index is 12.3. The molecule has 5 nitrogen and oxygen atoms in total. The van der Waals surface area contributed by atoms with E-state index in [0.717, 1.165) is 11.3 Å². The molecular weight excluding hydrogens is 328 g/mol. The van der Waals surface area contributed by atoms with Gasteiger partial charge in [0.1, 0.15) is 0 Å². The number of aryl methyl sites for hydroxylation is 2. The van der Waals surface area contributed by atoms with Gasteiger partial charge in [-0.2, -0.15) is 8.78 Å². The van der Waals surface area contributed by atoms with Gasteiger partial charge in [-0.3, -0.25) is 4.79 Å². The molecule has 124 valence electrons. The van der Waals surface area contributed by atoms with Crippen LogP contribution in [0.25, 0.3) is 0 Å². The lowest BCUT2D eigenvalue weighted by molar-refractivity contribution is -0.0501. The molecule has 2 aromatic heterocycles. The van der Waals surface area contributed by atoms with Crippen molar-refractivity contribution in [3.63, 3.8) is 0 Å². The van der Waals surface area contributed by atoms with Crippen molar-refractivity contribution in [2.45, 2.75) is 26.5 Å².